The average molecular weight is 551 g/mol. The predicted molar refractivity (Wildman–Crippen MR) is 158 cm³/mol. The fourth-order valence-corrected chi connectivity index (χ4v) is 5.71. The number of nitrogens with one attached hydrogen (secondary N) is 1. The third-order valence-electron chi connectivity index (χ3n) is 7.50. The second-order valence-corrected chi connectivity index (χ2v) is 12.2. The van der Waals surface area contributed by atoms with Crippen LogP contribution in [-0.4, -0.2) is 49.6 Å². The third-order valence-corrected chi connectivity index (χ3v) is 7.73. The summed E-state index contributed by atoms with van der Waals surface area (Å²) in [5.74, 6) is -1.25. The van der Waals surface area contributed by atoms with Crippen molar-refractivity contribution in [1.29, 1.82) is 0 Å². The van der Waals surface area contributed by atoms with Gasteiger partial charge in [-0.15, -0.1) is 0 Å². The van der Waals surface area contributed by atoms with E-state index in [-0.39, 0.29) is 23.8 Å². The highest BCUT2D eigenvalue weighted by molar-refractivity contribution is 6.30. The molecular weight excluding hydrogens is 512 g/mol. The molecule has 0 aromatic heterocycles. The molecule has 39 heavy (non-hydrogen) atoms. The SMILES string of the molecule is CC(=O)C1(C(=O)O)CCCNC1.CC(C)(C)CN1CCOC(c2cccc3ccccc23)c2cc(Cl)ccc21. The standard InChI is InChI=1S/C24H26ClNO.C8H13NO3/c1-24(2,3)16-26-13-14-27-23(21-15-18(25)11-12-22(21)26)20-10-6-8-17-7-4-5-9-19(17)20;1-6(10)8(7(11)12)3-2-4-9-5-8/h4-12,15,23H,13-14,16H2,1-3H3;9H,2-5H2,1H3,(H,11,12). The average Bonchev–Trinajstić information content (AvgIpc) is 3.06. The van der Waals surface area contributed by atoms with E-state index in [0.717, 1.165) is 36.6 Å². The normalized spacial score (nSPS) is 21.4. The molecule has 0 radical (unpaired) electrons. The molecule has 0 saturated carbocycles. The van der Waals surface area contributed by atoms with Crippen LogP contribution >= 0.6 is 11.6 Å². The van der Waals surface area contributed by atoms with Gasteiger partial charge in [0.2, 0.25) is 0 Å². The predicted octanol–water partition coefficient (Wildman–Crippen LogP) is 6.50. The molecule has 0 aliphatic carbocycles. The van der Waals surface area contributed by atoms with Crippen molar-refractivity contribution in [1.82, 2.24) is 5.32 Å². The second-order valence-electron chi connectivity index (χ2n) is 11.7. The first-order chi connectivity index (χ1) is 18.5. The van der Waals surface area contributed by atoms with Crippen molar-refractivity contribution in [3.05, 3.63) is 76.8 Å². The number of carboxylic acids is 1. The van der Waals surface area contributed by atoms with Crippen LogP contribution in [0, 0.1) is 10.8 Å². The summed E-state index contributed by atoms with van der Waals surface area (Å²) in [7, 11) is 0. The van der Waals surface area contributed by atoms with Gasteiger partial charge in [0.1, 0.15) is 17.3 Å². The molecule has 7 heteroatoms. The Morgan fingerprint density at radius 2 is 1.85 bits per heavy atom. The molecule has 1 saturated heterocycles. The number of piperidine rings is 1. The Balaban J connectivity index is 0.000000247. The molecule has 208 valence electrons. The van der Waals surface area contributed by atoms with E-state index in [4.69, 9.17) is 21.4 Å². The van der Waals surface area contributed by atoms with E-state index in [0.29, 0.717) is 13.0 Å². The van der Waals surface area contributed by atoms with Crippen molar-refractivity contribution in [2.75, 3.05) is 37.7 Å². The summed E-state index contributed by atoms with van der Waals surface area (Å²) in [6, 6.07) is 21.2. The summed E-state index contributed by atoms with van der Waals surface area (Å²) in [6.45, 7) is 11.8. The molecule has 0 amide bonds. The highest BCUT2D eigenvalue weighted by Gasteiger charge is 2.44. The first-order valence-electron chi connectivity index (χ1n) is 13.6. The number of benzene rings is 3. The summed E-state index contributed by atoms with van der Waals surface area (Å²) >= 11 is 6.41. The van der Waals surface area contributed by atoms with Gasteiger partial charge in [-0.05, 0) is 66.3 Å². The number of hydrogen-bond acceptors (Lipinski definition) is 5. The number of hydrogen-bond donors (Lipinski definition) is 2. The maximum absolute atomic E-state index is 11.1. The van der Waals surface area contributed by atoms with Gasteiger partial charge in [-0.25, -0.2) is 0 Å². The van der Waals surface area contributed by atoms with E-state index in [1.165, 1.54) is 28.9 Å². The van der Waals surface area contributed by atoms with Crippen LogP contribution in [0.3, 0.4) is 0 Å². The molecule has 0 spiro atoms. The van der Waals surface area contributed by atoms with Gasteiger partial charge in [0, 0.05) is 35.9 Å². The lowest BCUT2D eigenvalue weighted by atomic mass is 9.77. The number of carbonyl (C=O) groups excluding carboxylic acids is 1. The Bertz CT molecular complexity index is 1310. The van der Waals surface area contributed by atoms with Crippen molar-refractivity contribution in [2.45, 2.75) is 46.6 Å². The van der Waals surface area contributed by atoms with Gasteiger partial charge >= 0.3 is 5.97 Å². The highest BCUT2D eigenvalue weighted by atomic mass is 35.5. The van der Waals surface area contributed by atoms with Crippen LogP contribution in [0.5, 0.6) is 0 Å². The molecule has 2 aliphatic heterocycles. The van der Waals surface area contributed by atoms with Crippen molar-refractivity contribution in [3.8, 4) is 0 Å². The molecular formula is C32H39ClN2O4. The summed E-state index contributed by atoms with van der Waals surface area (Å²) in [4.78, 5) is 24.4. The summed E-state index contributed by atoms with van der Waals surface area (Å²) in [5, 5.41) is 15.1. The Kier molecular flexibility index (Phi) is 9.00. The number of rotatable bonds is 4. The number of anilines is 1. The molecule has 2 atom stereocenters. The first kappa shape index (κ1) is 29.1. The maximum Gasteiger partial charge on any atom is 0.318 e. The summed E-state index contributed by atoms with van der Waals surface area (Å²) in [6.07, 6.45) is 1.10. The number of carboxylic acid groups (broad SMARTS) is 1. The van der Waals surface area contributed by atoms with Gasteiger partial charge in [0.05, 0.1) is 6.61 Å². The summed E-state index contributed by atoms with van der Waals surface area (Å²) < 4.78 is 6.42. The Morgan fingerprint density at radius 1 is 1.10 bits per heavy atom. The topological polar surface area (TPSA) is 78.9 Å². The van der Waals surface area contributed by atoms with Crippen molar-refractivity contribution >= 4 is 39.8 Å². The molecule has 5 rings (SSSR count). The van der Waals surface area contributed by atoms with E-state index >= 15 is 0 Å². The monoisotopic (exact) mass is 550 g/mol. The van der Waals surface area contributed by atoms with Gasteiger partial charge in [-0.1, -0.05) is 74.8 Å². The largest absolute Gasteiger partial charge is 0.480 e. The lowest BCUT2D eigenvalue weighted by Crippen LogP contribution is -2.49. The van der Waals surface area contributed by atoms with Crippen LogP contribution in [0.1, 0.15) is 57.8 Å². The van der Waals surface area contributed by atoms with Crippen molar-refractivity contribution in [2.24, 2.45) is 10.8 Å². The lowest BCUT2D eigenvalue weighted by Gasteiger charge is -2.31. The fraction of sp³-hybridized carbons (Fsp3) is 0.438. The van der Waals surface area contributed by atoms with Gasteiger partial charge in [0.25, 0.3) is 0 Å². The Labute approximate surface area is 236 Å². The molecule has 2 unspecified atom stereocenters. The van der Waals surface area contributed by atoms with Crippen LogP contribution in [-0.2, 0) is 14.3 Å². The quantitative estimate of drug-likeness (QED) is 0.361. The van der Waals surface area contributed by atoms with Crippen LogP contribution in [0.2, 0.25) is 5.02 Å². The second kappa shape index (κ2) is 12.1. The van der Waals surface area contributed by atoms with Crippen molar-refractivity contribution in [3.63, 3.8) is 0 Å². The van der Waals surface area contributed by atoms with Gasteiger partial charge < -0.3 is 20.1 Å². The maximum atomic E-state index is 11.1. The zero-order valence-electron chi connectivity index (χ0n) is 23.3. The molecule has 2 N–H and O–H groups in total. The van der Waals surface area contributed by atoms with E-state index in [2.05, 4.69) is 85.6 Å². The first-order valence-corrected chi connectivity index (χ1v) is 14.0. The Hall–Kier alpha value is -2.93. The van der Waals surface area contributed by atoms with E-state index in [9.17, 15) is 9.59 Å². The number of carbonyl (C=O) groups is 2. The zero-order valence-corrected chi connectivity index (χ0v) is 24.1. The zero-order chi connectivity index (χ0) is 28.2. The van der Waals surface area contributed by atoms with Crippen LogP contribution in [0.25, 0.3) is 10.8 Å². The minimum atomic E-state index is -1.15. The van der Waals surface area contributed by atoms with E-state index < -0.39 is 11.4 Å². The van der Waals surface area contributed by atoms with E-state index in [1.54, 1.807) is 0 Å². The minimum absolute atomic E-state index is 0.116. The number of ether oxygens (including phenoxy) is 1. The van der Waals surface area contributed by atoms with Gasteiger partial charge in [-0.3, -0.25) is 9.59 Å². The molecule has 3 aromatic carbocycles. The van der Waals surface area contributed by atoms with Gasteiger partial charge in [0.15, 0.2) is 0 Å². The molecule has 3 aromatic rings. The number of Topliss-reactive ketones (excluding diaryl/α,β-unsaturated/α-hetero) is 1. The number of ketones is 1. The van der Waals surface area contributed by atoms with Crippen LogP contribution < -0.4 is 10.2 Å². The summed E-state index contributed by atoms with van der Waals surface area (Å²) in [5.41, 5.74) is 2.63. The smallest absolute Gasteiger partial charge is 0.318 e. The van der Waals surface area contributed by atoms with E-state index in [1.807, 2.05) is 6.07 Å². The molecule has 2 heterocycles. The highest BCUT2D eigenvalue weighted by Crippen LogP contribution is 2.40. The number of fused-ring (bicyclic) bond motifs is 2. The third kappa shape index (κ3) is 6.63. The number of nitrogens with zero attached hydrogens (tertiary/aromatic N) is 1. The fourth-order valence-electron chi connectivity index (χ4n) is 5.53. The molecule has 0 bridgehead atoms. The van der Waals surface area contributed by atoms with Crippen LogP contribution in [0.15, 0.2) is 60.7 Å². The van der Waals surface area contributed by atoms with Crippen LogP contribution in [0.4, 0.5) is 5.69 Å². The number of aliphatic carboxylic acids is 1. The molecule has 6 nitrogen and oxygen atoms in total. The Morgan fingerprint density at radius 3 is 2.49 bits per heavy atom. The van der Waals surface area contributed by atoms with Crippen molar-refractivity contribution < 1.29 is 19.4 Å². The molecule has 2 aliphatic rings. The minimum Gasteiger partial charge on any atom is -0.480 e. The van der Waals surface area contributed by atoms with Gasteiger partial charge in [-0.2, -0.15) is 0 Å². The lowest BCUT2D eigenvalue weighted by molar-refractivity contribution is -0.155. The number of halogens is 1. The molecule has 1 fully saturated rings.